The van der Waals surface area contributed by atoms with Gasteiger partial charge < -0.3 is 19.7 Å². The number of benzene rings is 1. The summed E-state index contributed by atoms with van der Waals surface area (Å²) < 4.78 is 11.6. The van der Waals surface area contributed by atoms with Crippen LogP contribution in [0.25, 0.3) is 0 Å². The molecule has 25 heavy (non-hydrogen) atoms. The van der Waals surface area contributed by atoms with Gasteiger partial charge in [0.2, 0.25) is 5.91 Å². The van der Waals surface area contributed by atoms with Gasteiger partial charge in [-0.25, -0.2) is 0 Å². The van der Waals surface area contributed by atoms with E-state index in [9.17, 15) is 4.79 Å². The molecule has 4 atom stereocenters. The predicted molar refractivity (Wildman–Crippen MR) is 95.6 cm³/mol. The van der Waals surface area contributed by atoms with E-state index in [4.69, 9.17) is 9.47 Å². The topological polar surface area (TPSA) is 50.8 Å². The third-order valence-electron chi connectivity index (χ3n) is 6.36. The SMILES string of the molecule is CCN1C[C@@H]2[C@H](CNC(=O)Cc3ccc(OC)cc3)[C@H]3CC[C@]2(C1)O3. The van der Waals surface area contributed by atoms with Crippen molar-refractivity contribution >= 4 is 5.91 Å². The molecule has 2 bridgehead atoms. The molecule has 3 saturated heterocycles. The lowest BCUT2D eigenvalue weighted by molar-refractivity contribution is -0.120. The molecule has 5 heteroatoms. The number of hydrogen-bond acceptors (Lipinski definition) is 4. The van der Waals surface area contributed by atoms with Crippen molar-refractivity contribution in [2.45, 2.75) is 37.9 Å². The van der Waals surface area contributed by atoms with Gasteiger partial charge in [-0.3, -0.25) is 4.79 Å². The first-order chi connectivity index (χ1) is 12.1. The molecular formula is C20H28N2O3. The quantitative estimate of drug-likeness (QED) is 0.856. The monoisotopic (exact) mass is 344 g/mol. The number of hydrogen-bond donors (Lipinski definition) is 1. The van der Waals surface area contributed by atoms with Crippen molar-refractivity contribution < 1.29 is 14.3 Å². The third kappa shape index (κ3) is 3.04. The van der Waals surface area contributed by atoms with Gasteiger partial charge in [0.25, 0.3) is 0 Å². The van der Waals surface area contributed by atoms with Gasteiger partial charge in [-0.05, 0) is 37.1 Å². The minimum atomic E-state index is 0.0755. The first kappa shape index (κ1) is 16.9. The van der Waals surface area contributed by atoms with Gasteiger partial charge in [-0.15, -0.1) is 0 Å². The van der Waals surface area contributed by atoms with E-state index in [0.29, 0.717) is 24.4 Å². The Hall–Kier alpha value is -1.59. The summed E-state index contributed by atoms with van der Waals surface area (Å²) in [6, 6.07) is 7.69. The Bertz CT molecular complexity index is 632. The minimum Gasteiger partial charge on any atom is -0.497 e. The van der Waals surface area contributed by atoms with E-state index >= 15 is 0 Å². The van der Waals surface area contributed by atoms with Crippen molar-refractivity contribution in [3.05, 3.63) is 29.8 Å². The van der Waals surface area contributed by atoms with Crippen LogP contribution in [-0.4, -0.2) is 55.8 Å². The normalized spacial score (nSPS) is 33.4. The second kappa shape index (κ2) is 6.61. The summed E-state index contributed by atoms with van der Waals surface area (Å²) in [4.78, 5) is 14.8. The Morgan fingerprint density at radius 3 is 2.92 bits per heavy atom. The highest BCUT2D eigenvalue weighted by Crippen LogP contribution is 2.54. The molecule has 1 N–H and O–H groups in total. The average Bonchev–Trinajstić information content (AvgIpc) is 3.28. The average molecular weight is 344 g/mol. The summed E-state index contributed by atoms with van der Waals surface area (Å²) in [6.07, 6.45) is 3.09. The number of nitrogens with one attached hydrogen (secondary N) is 1. The van der Waals surface area contributed by atoms with Crippen molar-refractivity contribution in [3.63, 3.8) is 0 Å². The smallest absolute Gasteiger partial charge is 0.224 e. The van der Waals surface area contributed by atoms with Crippen molar-refractivity contribution in [1.29, 1.82) is 0 Å². The summed E-state index contributed by atoms with van der Waals surface area (Å²) in [6.45, 7) is 6.23. The zero-order valence-electron chi connectivity index (χ0n) is 15.2. The van der Waals surface area contributed by atoms with Crippen LogP contribution in [0.4, 0.5) is 0 Å². The molecule has 1 aromatic rings. The second-order valence-electron chi connectivity index (χ2n) is 7.69. The zero-order valence-corrected chi connectivity index (χ0v) is 15.2. The number of fused-ring (bicyclic) bond motifs is 1. The molecule has 5 nitrogen and oxygen atoms in total. The van der Waals surface area contributed by atoms with Gasteiger partial charge in [0.15, 0.2) is 0 Å². The van der Waals surface area contributed by atoms with Crippen molar-refractivity contribution in [3.8, 4) is 5.75 Å². The number of likely N-dealkylation sites (tertiary alicyclic amines) is 1. The van der Waals surface area contributed by atoms with Crippen LogP contribution in [0.15, 0.2) is 24.3 Å². The van der Waals surface area contributed by atoms with Crippen molar-refractivity contribution in [2.24, 2.45) is 11.8 Å². The minimum absolute atomic E-state index is 0.0755. The van der Waals surface area contributed by atoms with E-state index in [1.807, 2.05) is 24.3 Å². The van der Waals surface area contributed by atoms with Crippen LogP contribution in [0.3, 0.4) is 0 Å². The van der Waals surface area contributed by atoms with E-state index in [1.54, 1.807) is 7.11 Å². The molecule has 3 heterocycles. The van der Waals surface area contributed by atoms with Crippen LogP contribution in [0.1, 0.15) is 25.3 Å². The van der Waals surface area contributed by atoms with E-state index in [0.717, 1.165) is 43.9 Å². The van der Waals surface area contributed by atoms with Gasteiger partial charge in [-0.1, -0.05) is 19.1 Å². The highest BCUT2D eigenvalue weighted by Gasteiger charge is 2.62. The van der Waals surface area contributed by atoms with Gasteiger partial charge in [0.1, 0.15) is 5.75 Å². The fourth-order valence-electron chi connectivity index (χ4n) is 5.02. The van der Waals surface area contributed by atoms with Crippen LogP contribution in [0.2, 0.25) is 0 Å². The van der Waals surface area contributed by atoms with Gasteiger partial charge in [-0.2, -0.15) is 0 Å². The largest absolute Gasteiger partial charge is 0.497 e. The molecule has 0 radical (unpaired) electrons. The number of methoxy groups -OCH3 is 1. The molecule has 1 aromatic carbocycles. The molecule has 0 aromatic heterocycles. The number of rotatable bonds is 6. The third-order valence-corrected chi connectivity index (χ3v) is 6.36. The van der Waals surface area contributed by atoms with Crippen LogP contribution in [0, 0.1) is 11.8 Å². The van der Waals surface area contributed by atoms with Crippen LogP contribution >= 0.6 is 0 Å². The molecule has 0 saturated carbocycles. The Morgan fingerprint density at radius 1 is 1.40 bits per heavy atom. The molecule has 0 aliphatic carbocycles. The molecule has 1 spiro atoms. The molecule has 1 amide bonds. The second-order valence-corrected chi connectivity index (χ2v) is 7.69. The summed E-state index contributed by atoms with van der Waals surface area (Å²) in [7, 11) is 1.65. The standard InChI is InChI=1S/C20H28N2O3/c1-3-22-12-17-16(18-8-9-20(17,13-22)25-18)11-21-19(23)10-14-4-6-15(24-2)7-5-14/h4-7,16-18H,3,8-13H2,1-2H3,(H,21,23)/t16-,17+,18+,20+/m0/s1. The van der Waals surface area contributed by atoms with Crippen LogP contribution in [-0.2, 0) is 16.0 Å². The number of ether oxygens (including phenoxy) is 2. The lowest BCUT2D eigenvalue weighted by Crippen LogP contribution is -2.42. The maximum Gasteiger partial charge on any atom is 0.224 e. The molecule has 4 rings (SSSR count). The van der Waals surface area contributed by atoms with E-state index in [1.165, 1.54) is 6.42 Å². The van der Waals surface area contributed by atoms with Gasteiger partial charge in [0, 0.05) is 31.5 Å². The van der Waals surface area contributed by atoms with E-state index < -0.39 is 0 Å². The molecule has 3 aliphatic rings. The Labute approximate surface area is 149 Å². The Balaban J connectivity index is 1.33. The van der Waals surface area contributed by atoms with Crippen LogP contribution in [0.5, 0.6) is 5.75 Å². The Morgan fingerprint density at radius 2 is 2.20 bits per heavy atom. The summed E-state index contributed by atoms with van der Waals surface area (Å²) in [5.41, 5.74) is 1.09. The number of likely N-dealkylation sites (N-methyl/N-ethyl adjacent to an activating group) is 1. The number of carbonyl (C=O) groups is 1. The van der Waals surface area contributed by atoms with Gasteiger partial charge >= 0.3 is 0 Å². The molecule has 3 fully saturated rings. The van der Waals surface area contributed by atoms with Crippen molar-refractivity contribution in [2.75, 3.05) is 33.3 Å². The van der Waals surface area contributed by atoms with Gasteiger partial charge in [0.05, 0.1) is 25.2 Å². The molecule has 0 unspecified atom stereocenters. The molecular weight excluding hydrogens is 316 g/mol. The summed E-state index contributed by atoms with van der Waals surface area (Å²) >= 11 is 0. The zero-order chi connectivity index (χ0) is 17.4. The highest BCUT2D eigenvalue weighted by molar-refractivity contribution is 5.78. The fourth-order valence-corrected chi connectivity index (χ4v) is 5.02. The first-order valence-corrected chi connectivity index (χ1v) is 9.43. The predicted octanol–water partition coefficient (Wildman–Crippen LogP) is 1.85. The summed E-state index contributed by atoms with van der Waals surface area (Å²) in [5, 5.41) is 3.16. The first-order valence-electron chi connectivity index (χ1n) is 9.43. The fraction of sp³-hybridized carbons (Fsp3) is 0.650. The Kier molecular flexibility index (Phi) is 4.46. The maximum absolute atomic E-state index is 12.3. The maximum atomic E-state index is 12.3. The van der Waals surface area contributed by atoms with Crippen molar-refractivity contribution in [1.82, 2.24) is 10.2 Å². The molecule has 3 aliphatic heterocycles. The highest BCUT2D eigenvalue weighted by atomic mass is 16.5. The van der Waals surface area contributed by atoms with E-state index in [-0.39, 0.29) is 11.5 Å². The lowest BCUT2D eigenvalue weighted by Gasteiger charge is -2.29. The summed E-state index contributed by atoms with van der Waals surface area (Å²) in [5.74, 6) is 1.94. The number of amides is 1. The molecule has 136 valence electrons. The van der Waals surface area contributed by atoms with E-state index in [2.05, 4.69) is 17.1 Å². The number of carbonyl (C=O) groups excluding carboxylic acids is 1. The number of nitrogens with zero attached hydrogens (tertiary/aromatic N) is 1. The van der Waals surface area contributed by atoms with Crippen LogP contribution < -0.4 is 10.1 Å². The lowest BCUT2D eigenvalue weighted by atomic mass is 9.73.